The highest BCUT2D eigenvalue weighted by Crippen LogP contribution is 2.19. The number of amides is 2. The first-order valence-corrected chi connectivity index (χ1v) is 9.56. The van der Waals surface area contributed by atoms with Crippen LogP contribution in [0.4, 0.5) is 5.69 Å². The molecule has 138 valence electrons. The van der Waals surface area contributed by atoms with Gasteiger partial charge in [0.05, 0.1) is 4.90 Å². The fourth-order valence-electron chi connectivity index (χ4n) is 2.15. The summed E-state index contributed by atoms with van der Waals surface area (Å²) in [5.41, 5.74) is 2.05. The number of carbonyl (C=O) groups excluding carboxylic acids is 2. The van der Waals surface area contributed by atoms with E-state index in [0.29, 0.717) is 17.1 Å². The second-order valence-electron chi connectivity index (χ2n) is 5.61. The number of primary sulfonamides is 1. The molecule has 7 nitrogen and oxygen atoms in total. The van der Waals surface area contributed by atoms with Gasteiger partial charge in [0.1, 0.15) is 0 Å². The molecule has 0 aliphatic heterocycles. The summed E-state index contributed by atoms with van der Waals surface area (Å²) in [4.78, 5) is 23.8. The molecule has 0 heterocycles. The van der Waals surface area contributed by atoms with Crippen LogP contribution in [0.25, 0.3) is 0 Å². The molecule has 0 aliphatic rings. The van der Waals surface area contributed by atoms with Crippen LogP contribution < -0.4 is 15.8 Å². The zero-order chi connectivity index (χ0) is 19.3. The van der Waals surface area contributed by atoms with Crippen molar-refractivity contribution in [1.29, 1.82) is 0 Å². The van der Waals surface area contributed by atoms with Gasteiger partial charge in [-0.1, -0.05) is 29.8 Å². The Morgan fingerprint density at radius 1 is 1.08 bits per heavy atom. The van der Waals surface area contributed by atoms with Crippen LogP contribution in [0.3, 0.4) is 0 Å². The summed E-state index contributed by atoms with van der Waals surface area (Å²) >= 11 is 5.87. The number of rotatable bonds is 5. The fraction of sp³-hybridized carbons (Fsp3) is 0.176. The van der Waals surface area contributed by atoms with E-state index in [2.05, 4.69) is 10.6 Å². The molecule has 0 bridgehead atoms. The summed E-state index contributed by atoms with van der Waals surface area (Å²) in [6.07, 6.45) is 0.431. The number of carbonyl (C=O) groups is 2. The van der Waals surface area contributed by atoms with Crippen LogP contribution in [0, 0.1) is 6.92 Å². The third kappa shape index (κ3) is 5.55. The Morgan fingerprint density at radius 2 is 1.73 bits per heavy atom. The SMILES string of the molecule is Cc1ccc(Cl)cc1NC(=O)C(=O)NCCc1ccc(S(N)(=O)=O)cc1. The molecule has 4 N–H and O–H groups in total. The summed E-state index contributed by atoms with van der Waals surface area (Å²) < 4.78 is 22.4. The maximum Gasteiger partial charge on any atom is 0.313 e. The smallest absolute Gasteiger partial charge is 0.313 e. The number of hydrogen-bond donors (Lipinski definition) is 3. The van der Waals surface area contributed by atoms with Gasteiger partial charge < -0.3 is 10.6 Å². The second-order valence-corrected chi connectivity index (χ2v) is 7.61. The Kier molecular flexibility index (Phi) is 6.36. The van der Waals surface area contributed by atoms with Crippen molar-refractivity contribution >= 4 is 39.1 Å². The van der Waals surface area contributed by atoms with Crippen molar-refractivity contribution < 1.29 is 18.0 Å². The molecule has 2 aromatic carbocycles. The molecule has 2 rings (SSSR count). The maximum atomic E-state index is 11.9. The van der Waals surface area contributed by atoms with Crippen molar-refractivity contribution in [3.8, 4) is 0 Å². The Labute approximate surface area is 156 Å². The number of sulfonamides is 1. The number of anilines is 1. The minimum Gasteiger partial charge on any atom is -0.347 e. The number of halogens is 1. The molecule has 2 aromatic rings. The average Bonchev–Trinajstić information content (AvgIpc) is 2.57. The Hall–Kier alpha value is -2.42. The summed E-state index contributed by atoms with van der Waals surface area (Å²) in [6, 6.07) is 11.0. The van der Waals surface area contributed by atoms with E-state index < -0.39 is 21.8 Å². The lowest BCUT2D eigenvalue weighted by Gasteiger charge is -2.09. The summed E-state index contributed by atoms with van der Waals surface area (Å²) in [5, 5.41) is 10.5. The molecule has 0 fully saturated rings. The van der Waals surface area contributed by atoms with Crippen LogP contribution in [0.5, 0.6) is 0 Å². The number of aryl methyl sites for hydroxylation is 1. The van der Waals surface area contributed by atoms with Crippen LogP contribution in [0.1, 0.15) is 11.1 Å². The van der Waals surface area contributed by atoms with Crippen LogP contribution >= 0.6 is 11.6 Å². The van der Waals surface area contributed by atoms with Gasteiger partial charge in [-0.3, -0.25) is 9.59 Å². The average molecular weight is 396 g/mol. The standard InChI is InChI=1S/C17H18ClN3O4S/c1-11-2-5-13(18)10-15(11)21-17(23)16(22)20-9-8-12-3-6-14(7-4-12)26(19,24)25/h2-7,10H,8-9H2,1H3,(H,20,22)(H,21,23)(H2,19,24,25). The number of nitrogens with two attached hydrogens (primary N) is 1. The van der Waals surface area contributed by atoms with Gasteiger partial charge >= 0.3 is 11.8 Å². The Morgan fingerprint density at radius 3 is 2.35 bits per heavy atom. The Balaban J connectivity index is 1.86. The predicted octanol–water partition coefficient (Wildman–Crippen LogP) is 1.59. The minimum atomic E-state index is -3.73. The van der Waals surface area contributed by atoms with Gasteiger partial charge in [0.25, 0.3) is 0 Å². The lowest BCUT2D eigenvalue weighted by atomic mass is 10.1. The molecule has 0 atom stereocenters. The molecule has 2 amide bonds. The van der Waals surface area contributed by atoms with Crippen molar-refractivity contribution in [2.24, 2.45) is 5.14 Å². The first kappa shape index (κ1) is 19.9. The van der Waals surface area contributed by atoms with E-state index >= 15 is 0 Å². The summed E-state index contributed by atoms with van der Waals surface area (Å²) in [6.45, 7) is 2.00. The van der Waals surface area contributed by atoms with E-state index in [-0.39, 0.29) is 11.4 Å². The summed E-state index contributed by atoms with van der Waals surface area (Å²) in [7, 11) is -3.73. The highest BCUT2D eigenvalue weighted by molar-refractivity contribution is 7.89. The fourth-order valence-corrected chi connectivity index (χ4v) is 2.84. The van der Waals surface area contributed by atoms with E-state index in [1.54, 1.807) is 37.3 Å². The molecular formula is C17H18ClN3O4S. The molecule has 0 aliphatic carbocycles. The number of nitrogens with one attached hydrogen (secondary N) is 2. The van der Waals surface area contributed by atoms with Crippen LogP contribution in [0.2, 0.25) is 5.02 Å². The number of benzene rings is 2. The van der Waals surface area contributed by atoms with Crippen molar-refractivity contribution in [2.75, 3.05) is 11.9 Å². The van der Waals surface area contributed by atoms with Gasteiger partial charge in [-0.05, 0) is 48.7 Å². The lowest BCUT2D eigenvalue weighted by molar-refractivity contribution is -0.136. The molecule has 0 unspecified atom stereocenters. The first-order chi connectivity index (χ1) is 12.2. The van der Waals surface area contributed by atoms with E-state index in [4.69, 9.17) is 16.7 Å². The lowest BCUT2D eigenvalue weighted by Crippen LogP contribution is -2.36. The number of hydrogen-bond acceptors (Lipinski definition) is 4. The molecular weight excluding hydrogens is 378 g/mol. The third-order valence-corrected chi connectivity index (χ3v) is 4.77. The predicted molar refractivity (Wildman–Crippen MR) is 99.3 cm³/mol. The van der Waals surface area contributed by atoms with E-state index in [0.717, 1.165) is 11.1 Å². The minimum absolute atomic E-state index is 0.0153. The van der Waals surface area contributed by atoms with Crippen LogP contribution in [0.15, 0.2) is 47.4 Å². The van der Waals surface area contributed by atoms with E-state index in [9.17, 15) is 18.0 Å². The topological polar surface area (TPSA) is 118 Å². The van der Waals surface area contributed by atoms with Crippen molar-refractivity contribution in [1.82, 2.24) is 5.32 Å². The van der Waals surface area contributed by atoms with Gasteiger partial charge in [0.15, 0.2) is 0 Å². The highest BCUT2D eigenvalue weighted by Gasteiger charge is 2.14. The molecule has 0 spiro atoms. The van der Waals surface area contributed by atoms with Crippen LogP contribution in [-0.4, -0.2) is 26.8 Å². The normalized spacial score (nSPS) is 11.0. The maximum absolute atomic E-state index is 11.9. The van der Waals surface area contributed by atoms with Crippen molar-refractivity contribution in [3.05, 3.63) is 58.6 Å². The van der Waals surface area contributed by atoms with E-state index in [1.807, 2.05) is 0 Å². The molecule has 0 saturated carbocycles. The molecule has 26 heavy (non-hydrogen) atoms. The quantitative estimate of drug-likeness (QED) is 0.666. The molecule has 9 heteroatoms. The van der Waals surface area contributed by atoms with Gasteiger partial charge in [-0.25, -0.2) is 13.6 Å². The zero-order valence-corrected chi connectivity index (χ0v) is 15.5. The van der Waals surface area contributed by atoms with Crippen molar-refractivity contribution in [3.63, 3.8) is 0 Å². The van der Waals surface area contributed by atoms with E-state index in [1.165, 1.54) is 12.1 Å². The molecule has 0 saturated heterocycles. The monoisotopic (exact) mass is 395 g/mol. The summed E-state index contributed by atoms with van der Waals surface area (Å²) in [5.74, 6) is -1.56. The van der Waals surface area contributed by atoms with Gasteiger partial charge in [0.2, 0.25) is 10.0 Å². The van der Waals surface area contributed by atoms with Crippen LogP contribution in [-0.2, 0) is 26.0 Å². The highest BCUT2D eigenvalue weighted by atomic mass is 35.5. The Bertz CT molecular complexity index is 928. The first-order valence-electron chi connectivity index (χ1n) is 7.64. The van der Waals surface area contributed by atoms with Crippen molar-refractivity contribution in [2.45, 2.75) is 18.2 Å². The zero-order valence-electron chi connectivity index (χ0n) is 14.0. The second kappa shape index (κ2) is 8.31. The largest absolute Gasteiger partial charge is 0.347 e. The molecule has 0 radical (unpaired) electrons. The van der Waals surface area contributed by atoms with Gasteiger partial charge in [-0.2, -0.15) is 0 Å². The third-order valence-electron chi connectivity index (χ3n) is 3.61. The molecule has 0 aromatic heterocycles. The van der Waals surface area contributed by atoms with Gasteiger partial charge in [0, 0.05) is 17.3 Å². The van der Waals surface area contributed by atoms with Gasteiger partial charge in [-0.15, -0.1) is 0 Å².